The predicted molar refractivity (Wildman–Crippen MR) is 103 cm³/mol. The van der Waals surface area contributed by atoms with Gasteiger partial charge < -0.3 is 15.5 Å². The molecule has 6 nitrogen and oxygen atoms in total. The van der Waals surface area contributed by atoms with E-state index in [-0.39, 0.29) is 5.82 Å². The second-order valence-corrected chi connectivity index (χ2v) is 6.60. The first-order valence-electron chi connectivity index (χ1n) is 8.69. The number of hydrogen-bond donors (Lipinski definition) is 2. The molecule has 2 heterocycles. The molecule has 2 aromatic carbocycles. The van der Waals surface area contributed by atoms with Crippen molar-refractivity contribution in [1.82, 2.24) is 9.88 Å². The minimum atomic E-state index is -0.441. The number of carbonyl (C=O) groups is 1. The summed E-state index contributed by atoms with van der Waals surface area (Å²) in [7, 11) is 0. The molecule has 1 aromatic heterocycles. The monoisotopic (exact) mass is 366 g/mol. The van der Waals surface area contributed by atoms with Crippen molar-refractivity contribution in [2.75, 3.05) is 24.3 Å². The largest absolute Gasteiger partial charge is 0.434 e. The van der Waals surface area contributed by atoms with Gasteiger partial charge >= 0.3 is 6.09 Å². The van der Waals surface area contributed by atoms with Crippen LogP contribution in [0.1, 0.15) is 12.0 Å². The van der Waals surface area contributed by atoms with Gasteiger partial charge in [-0.2, -0.15) is 0 Å². The SMILES string of the molecule is Cc1cccc(F)c1-c1cc(NOC(=O)N2CCC2)c2cc(N)ncc2c1. The number of carbonyl (C=O) groups excluding carboxylic acids is 1. The molecule has 1 amide bonds. The molecule has 3 N–H and O–H groups in total. The zero-order valence-electron chi connectivity index (χ0n) is 14.8. The fraction of sp³-hybridized carbons (Fsp3) is 0.200. The van der Waals surface area contributed by atoms with Gasteiger partial charge in [0.15, 0.2) is 0 Å². The number of aromatic nitrogens is 1. The van der Waals surface area contributed by atoms with E-state index in [2.05, 4.69) is 10.5 Å². The van der Waals surface area contributed by atoms with Crippen LogP contribution >= 0.6 is 0 Å². The van der Waals surface area contributed by atoms with Gasteiger partial charge in [0.1, 0.15) is 11.6 Å². The van der Waals surface area contributed by atoms with E-state index >= 15 is 0 Å². The summed E-state index contributed by atoms with van der Waals surface area (Å²) < 4.78 is 14.5. The number of amides is 1. The summed E-state index contributed by atoms with van der Waals surface area (Å²) >= 11 is 0. The number of aryl methyl sites for hydroxylation is 1. The Morgan fingerprint density at radius 2 is 2.11 bits per heavy atom. The molecular formula is C20H19FN4O2. The van der Waals surface area contributed by atoms with Crippen molar-refractivity contribution in [3.05, 3.63) is 54.0 Å². The lowest BCUT2D eigenvalue weighted by Gasteiger charge is -2.29. The highest BCUT2D eigenvalue weighted by molar-refractivity contribution is 5.98. The van der Waals surface area contributed by atoms with Crippen LogP contribution in [0.25, 0.3) is 21.9 Å². The molecule has 0 spiro atoms. The normalized spacial score (nSPS) is 13.3. The predicted octanol–water partition coefficient (Wildman–Crippen LogP) is 4.10. The lowest BCUT2D eigenvalue weighted by molar-refractivity contribution is 0.0983. The number of nitrogens with zero attached hydrogens (tertiary/aromatic N) is 2. The van der Waals surface area contributed by atoms with Crippen LogP contribution < -0.4 is 11.2 Å². The van der Waals surface area contributed by atoms with Crippen LogP contribution in [0.3, 0.4) is 0 Å². The van der Waals surface area contributed by atoms with Crippen LogP contribution in [0, 0.1) is 12.7 Å². The van der Waals surface area contributed by atoms with Crippen LogP contribution in [0.15, 0.2) is 42.6 Å². The second-order valence-electron chi connectivity index (χ2n) is 6.60. The van der Waals surface area contributed by atoms with Crippen LogP contribution in [-0.4, -0.2) is 29.1 Å². The Bertz CT molecular complexity index is 1010. The quantitative estimate of drug-likeness (QED) is 0.682. The number of nitrogens with one attached hydrogen (secondary N) is 1. The molecule has 0 bridgehead atoms. The summed E-state index contributed by atoms with van der Waals surface area (Å²) in [4.78, 5) is 22.9. The standard InChI is InChI=1S/C20H19FN4O2/c1-12-4-2-5-16(21)19(12)13-8-14-11-23-18(22)10-15(14)17(9-13)24-27-20(26)25-6-3-7-25/h2,4-5,8-11,24H,3,6-7H2,1H3,(H2,22,23). The average Bonchev–Trinajstić information content (AvgIpc) is 2.58. The van der Waals surface area contributed by atoms with Gasteiger partial charge in [-0.15, -0.1) is 0 Å². The van der Waals surface area contributed by atoms with E-state index in [0.29, 0.717) is 35.7 Å². The lowest BCUT2D eigenvalue weighted by atomic mass is 9.97. The van der Waals surface area contributed by atoms with Gasteiger partial charge in [-0.05, 0) is 48.7 Å². The summed E-state index contributed by atoms with van der Waals surface area (Å²) in [6, 6.07) is 10.2. The first kappa shape index (κ1) is 17.1. The molecule has 0 saturated carbocycles. The maximum atomic E-state index is 14.5. The molecule has 1 fully saturated rings. The Balaban J connectivity index is 1.77. The number of pyridine rings is 1. The number of nitrogens with two attached hydrogens (primary N) is 1. The van der Waals surface area contributed by atoms with Crippen molar-refractivity contribution in [2.24, 2.45) is 0 Å². The van der Waals surface area contributed by atoms with Gasteiger partial charge in [0.05, 0.1) is 5.69 Å². The number of anilines is 2. The fourth-order valence-corrected chi connectivity index (χ4v) is 3.16. The Morgan fingerprint density at radius 3 is 2.81 bits per heavy atom. The van der Waals surface area contributed by atoms with Gasteiger partial charge in [-0.1, -0.05) is 12.1 Å². The summed E-state index contributed by atoms with van der Waals surface area (Å²) in [6.45, 7) is 3.22. The highest BCUT2D eigenvalue weighted by Crippen LogP contribution is 2.34. The number of halogens is 1. The van der Waals surface area contributed by atoms with Gasteiger partial charge in [0.2, 0.25) is 0 Å². The Labute approximate surface area is 155 Å². The minimum absolute atomic E-state index is 0.318. The van der Waals surface area contributed by atoms with E-state index in [1.165, 1.54) is 6.07 Å². The third-order valence-electron chi connectivity index (χ3n) is 4.73. The van der Waals surface area contributed by atoms with Crippen LogP contribution in [0.5, 0.6) is 0 Å². The number of rotatable bonds is 3. The smallest absolute Gasteiger partial charge is 0.384 e. The van der Waals surface area contributed by atoms with Crippen molar-refractivity contribution in [2.45, 2.75) is 13.3 Å². The number of hydrogen-bond acceptors (Lipinski definition) is 5. The molecule has 7 heteroatoms. The van der Waals surface area contributed by atoms with Gasteiger partial charge in [-0.25, -0.2) is 19.6 Å². The minimum Gasteiger partial charge on any atom is -0.384 e. The zero-order chi connectivity index (χ0) is 19.0. The van der Waals surface area contributed by atoms with Crippen molar-refractivity contribution in [1.29, 1.82) is 0 Å². The lowest BCUT2D eigenvalue weighted by Crippen LogP contribution is -2.43. The van der Waals surface area contributed by atoms with Crippen LogP contribution in [0.2, 0.25) is 0 Å². The summed E-state index contributed by atoms with van der Waals surface area (Å²) in [5.41, 5.74) is 11.0. The number of benzene rings is 2. The number of likely N-dealkylation sites (tertiary alicyclic amines) is 1. The van der Waals surface area contributed by atoms with Gasteiger partial charge in [-0.3, -0.25) is 0 Å². The molecule has 1 saturated heterocycles. The number of fused-ring (bicyclic) bond motifs is 1. The highest BCUT2D eigenvalue weighted by atomic mass is 19.1. The molecule has 4 rings (SSSR count). The van der Waals surface area contributed by atoms with E-state index in [1.807, 2.05) is 19.1 Å². The molecule has 27 heavy (non-hydrogen) atoms. The maximum absolute atomic E-state index is 14.5. The summed E-state index contributed by atoms with van der Waals surface area (Å²) in [5.74, 6) is 0.0238. The van der Waals surface area contributed by atoms with Crippen LogP contribution in [-0.2, 0) is 4.84 Å². The van der Waals surface area contributed by atoms with Crippen molar-refractivity contribution in [3.63, 3.8) is 0 Å². The van der Waals surface area contributed by atoms with Crippen molar-refractivity contribution >= 4 is 28.4 Å². The molecule has 1 aliphatic heterocycles. The fourth-order valence-electron chi connectivity index (χ4n) is 3.16. The van der Waals surface area contributed by atoms with Crippen molar-refractivity contribution < 1.29 is 14.0 Å². The summed E-state index contributed by atoms with van der Waals surface area (Å²) in [6.07, 6.45) is 2.15. The molecule has 1 aliphatic rings. The van der Waals surface area contributed by atoms with E-state index in [4.69, 9.17) is 10.6 Å². The molecule has 0 radical (unpaired) electrons. The van der Waals surface area contributed by atoms with Gasteiger partial charge in [0, 0.05) is 35.6 Å². The third-order valence-corrected chi connectivity index (χ3v) is 4.73. The average molecular weight is 366 g/mol. The highest BCUT2D eigenvalue weighted by Gasteiger charge is 2.22. The van der Waals surface area contributed by atoms with Crippen LogP contribution in [0.4, 0.5) is 20.7 Å². The van der Waals surface area contributed by atoms with Gasteiger partial charge in [0.25, 0.3) is 0 Å². The molecule has 0 atom stereocenters. The number of nitrogen functional groups attached to an aromatic ring is 1. The third kappa shape index (κ3) is 3.23. The molecule has 3 aromatic rings. The topological polar surface area (TPSA) is 80.5 Å². The Morgan fingerprint density at radius 1 is 1.30 bits per heavy atom. The zero-order valence-corrected chi connectivity index (χ0v) is 14.8. The Kier molecular flexibility index (Phi) is 4.27. The molecule has 138 valence electrons. The molecule has 0 unspecified atom stereocenters. The molecule has 0 aliphatic carbocycles. The maximum Gasteiger partial charge on any atom is 0.434 e. The molecular weight excluding hydrogens is 347 g/mol. The second kappa shape index (κ2) is 6.75. The van der Waals surface area contributed by atoms with E-state index < -0.39 is 6.09 Å². The first-order chi connectivity index (χ1) is 13.0. The van der Waals surface area contributed by atoms with E-state index in [9.17, 15) is 9.18 Å². The van der Waals surface area contributed by atoms with Crippen molar-refractivity contribution in [3.8, 4) is 11.1 Å². The van der Waals surface area contributed by atoms with E-state index in [1.54, 1.807) is 29.3 Å². The first-order valence-corrected chi connectivity index (χ1v) is 8.69. The van der Waals surface area contributed by atoms with E-state index in [0.717, 1.165) is 22.8 Å². The Hall–Kier alpha value is -3.35. The summed E-state index contributed by atoms with van der Waals surface area (Å²) in [5, 5.41) is 1.49.